The van der Waals surface area contributed by atoms with Crippen molar-refractivity contribution in [2.75, 3.05) is 6.61 Å². The lowest BCUT2D eigenvalue weighted by Gasteiger charge is -2.19. The Balaban J connectivity index is 3.65. The van der Waals surface area contributed by atoms with Crippen molar-refractivity contribution in [3.05, 3.63) is 12.2 Å². The first-order valence-corrected chi connectivity index (χ1v) is 12.9. The molecule has 0 aromatic heterocycles. The molecule has 1 amide bonds. The highest BCUT2D eigenvalue weighted by molar-refractivity contribution is 5.76. The van der Waals surface area contributed by atoms with Crippen LogP contribution in [0.1, 0.15) is 129 Å². The monoisotopic (exact) mass is 425 g/mol. The Morgan fingerprint density at radius 1 is 0.767 bits per heavy atom. The highest BCUT2D eigenvalue weighted by Gasteiger charge is 2.17. The molecule has 0 aromatic rings. The van der Waals surface area contributed by atoms with Crippen molar-refractivity contribution in [1.29, 1.82) is 0 Å². The van der Waals surface area contributed by atoms with Crippen LogP contribution in [0.4, 0.5) is 0 Å². The lowest BCUT2D eigenvalue weighted by atomic mass is 10.0. The lowest BCUT2D eigenvalue weighted by Crippen LogP contribution is -2.45. The molecule has 0 bridgehead atoms. The maximum atomic E-state index is 11.9. The third-order valence-corrected chi connectivity index (χ3v) is 5.77. The first-order valence-electron chi connectivity index (χ1n) is 12.9. The fourth-order valence-electron chi connectivity index (χ4n) is 3.70. The normalized spacial score (nSPS) is 13.6. The molecule has 2 atom stereocenters. The summed E-state index contributed by atoms with van der Waals surface area (Å²) < 4.78 is 0. The molecule has 0 heterocycles. The van der Waals surface area contributed by atoms with Gasteiger partial charge in [0.2, 0.25) is 5.91 Å². The van der Waals surface area contributed by atoms with Gasteiger partial charge in [0.25, 0.3) is 0 Å². The lowest BCUT2D eigenvalue weighted by molar-refractivity contribution is -0.123. The molecule has 0 saturated carbocycles. The number of hydrogen-bond acceptors (Lipinski definition) is 3. The van der Waals surface area contributed by atoms with Gasteiger partial charge in [-0.25, -0.2) is 0 Å². The molecule has 0 radical (unpaired) electrons. The average molecular weight is 426 g/mol. The van der Waals surface area contributed by atoms with Crippen molar-refractivity contribution < 1.29 is 15.0 Å². The fraction of sp³-hybridized carbons (Fsp3) is 0.885. The van der Waals surface area contributed by atoms with Crippen molar-refractivity contribution in [3.63, 3.8) is 0 Å². The van der Waals surface area contributed by atoms with Gasteiger partial charge in [0.15, 0.2) is 0 Å². The van der Waals surface area contributed by atoms with Crippen LogP contribution in [0.5, 0.6) is 0 Å². The number of rotatable bonds is 22. The molecule has 3 N–H and O–H groups in total. The number of hydrogen-bond donors (Lipinski definition) is 3. The van der Waals surface area contributed by atoms with E-state index in [2.05, 4.69) is 19.2 Å². The summed E-state index contributed by atoms with van der Waals surface area (Å²) in [5.41, 5.74) is 0. The van der Waals surface area contributed by atoms with Gasteiger partial charge < -0.3 is 15.5 Å². The molecule has 0 unspecified atom stereocenters. The average Bonchev–Trinajstić information content (AvgIpc) is 2.75. The van der Waals surface area contributed by atoms with E-state index in [-0.39, 0.29) is 12.5 Å². The highest BCUT2D eigenvalue weighted by Crippen LogP contribution is 2.12. The van der Waals surface area contributed by atoms with Crippen LogP contribution in [-0.4, -0.2) is 34.9 Å². The maximum Gasteiger partial charge on any atom is 0.220 e. The van der Waals surface area contributed by atoms with E-state index in [1.165, 1.54) is 70.6 Å². The van der Waals surface area contributed by atoms with Gasteiger partial charge in [-0.1, -0.05) is 116 Å². The Bertz CT molecular complexity index is 398. The summed E-state index contributed by atoms with van der Waals surface area (Å²) in [4.78, 5) is 11.9. The second-order valence-electron chi connectivity index (χ2n) is 8.76. The molecule has 30 heavy (non-hydrogen) atoms. The smallest absolute Gasteiger partial charge is 0.220 e. The van der Waals surface area contributed by atoms with Crippen LogP contribution in [-0.2, 0) is 4.79 Å². The minimum absolute atomic E-state index is 0.0847. The molecule has 0 aromatic carbocycles. The number of aliphatic hydroxyl groups is 2. The van der Waals surface area contributed by atoms with E-state index in [9.17, 15) is 15.0 Å². The van der Waals surface area contributed by atoms with E-state index < -0.39 is 12.1 Å². The standard InChI is InChI=1S/C26H51NO3/c1-3-5-7-9-10-11-12-13-14-15-16-17-18-19-21-25(29)24(23-28)27-26(30)22-20-8-6-4-2/h19,21,24-25,28-29H,3-18,20,22-23H2,1-2H3,(H,27,30)/b21-19+/t24-,25+/m1/s1. The molecule has 0 rings (SSSR count). The second-order valence-corrected chi connectivity index (χ2v) is 8.76. The van der Waals surface area contributed by atoms with Crippen LogP contribution in [0.15, 0.2) is 12.2 Å². The van der Waals surface area contributed by atoms with Gasteiger partial charge in [-0.3, -0.25) is 4.79 Å². The van der Waals surface area contributed by atoms with E-state index in [0.29, 0.717) is 6.42 Å². The molecule has 0 aliphatic heterocycles. The molecule has 4 nitrogen and oxygen atoms in total. The van der Waals surface area contributed by atoms with Crippen LogP contribution < -0.4 is 5.32 Å². The summed E-state index contributed by atoms with van der Waals surface area (Å²) in [5.74, 6) is -0.0847. The van der Waals surface area contributed by atoms with Gasteiger partial charge in [0.1, 0.15) is 0 Å². The SMILES string of the molecule is CCCCCCCCCCCCCC/C=C/[C@H](O)[C@@H](CO)NC(=O)CCCCCC. The zero-order valence-corrected chi connectivity index (χ0v) is 20.0. The van der Waals surface area contributed by atoms with Crippen LogP contribution >= 0.6 is 0 Å². The van der Waals surface area contributed by atoms with Crippen LogP contribution in [0.3, 0.4) is 0 Å². The second kappa shape index (κ2) is 22.8. The molecule has 0 aliphatic rings. The van der Waals surface area contributed by atoms with Gasteiger partial charge in [-0.2, -0.15) is 0 Å². The number of allylic oxidation sites excluding steroid dienone is 1. The highest BCUT2D eigenvalue weighted by atomic mass is 16.3. The third kappa shape index (κ3) is 19.1. The van der Waals surface area contributed by atoms with Gasteiger partial charge in [0.05, 0.1) is 18.8 Å². The van der Waals surface area contributed by atoms with Crippen molar-refractivity contribution in [3.8, 4) is 0 Å². The third-order valence-electron chi connectivity index (χ3n) is 5.77. The number of aliphatic hydroxyl groups excluding tert-OH is 2. The number of unbranched alkanes of at least 4 members (excludes halogenated alkanes) is 15. The van der Waals surface area contributed by atoms with Crippen molar-refractivity contribution in [1.82, 2.24) is 5.32 Å². The molecule has 178 valence electrons. The molecular weight excluding hydrogens is 374 g/mol. The Kier molecular flexibility index (Phi) is 22.1. The predicted octanol–water partition coefficient (Wildman–Crippen LogP) is 6.44. The van der Waals surface area contributed by atoms with E-state index in [4.69, 9.17) is 0 Å². The number of carbonyl (C=O) groups excluding carboxylic acids is 1. The van der Waals surface area contributed by atoms with Crippen LogP contribution in [0.25, 0.3) is 0 Å². The quantitative estimate of drug-likeness (QED) is 0.138. The number of nitrogens with one attached hydrogen (secondary N) is 1. The zero-order chi connectivity index (χ0) is 22.3. The van der Waals surface area contributed by atoms with E-state index in [1.54, 1.807) is 6.08 Å². The predicted molar refractivity (Wildman–Crippen MR) is 129 cm³/mol. The Morgan fingerprint density at radius 2 is 1.23 bits per heavy atom. The fourth-order valence-corrected chi connectivity index (χ4v) is 3.70. The molecule has 0 aliphatic carbocycles. The first-order chi connectivity index (χ1) is 14.7. The van der Waals surface area contributed by atoms with Crippen LogP contribution in [0, 0.1) is 0 Å². The largest absolute Gasteiger partial charge is 0.394 e. The van der Waals surface area contributed by atoms with Crippen molar-refractivity contribution >= 4 is 5.91 Å². The van der Waals surface area contributed by atoms with E-state index >= 15 is 0 Å². The van der Waals surface area contributed by atoms with E-state index in [1.807, 2.05) is 6.08 Å². The summed E-state index contributed by atoms with van der Waals surface area (Å²) in [5, 5.41) is 22.4. The molecule has 0 spiro atoms. The van der Waals surface area contributed by atoms with Gasteiger partial charge in [-0.05, 0) is 19.3 Å². The molecule has 0 fully saturated rings. The molecular formula is C26H51NO3. The molecule has 0 saturated heterocycles. The number of carbonyl (C=O) groups is 1. The topological polar surface area (TPSA) is 69.6 Å². The van der Waals surface area contributed by atoms with Crippen molar-refractivity contribution in [2.45, 2.75) is 142 Å². The summed E-state index contributed by atoms with van der Waals surface area (Å²) in [6, 6.07) is -0.609. The summed E-state index contributed by atoms with van der Waals surface area (Å²) >= 11 is 0. The van der Waals surface area contributed by atoms with Crippen molar-refractivity contribution in [2.24, 2.45) is 0 Å². The maximum absolute atomic E-state index is 11.9. The molecule has 4 heteroatoms. The van der Waals surface area contributed by atoms with Gasteiger partial charge in [0, 0.05) is 6.42 Å². The number of amides is 1. The minimum atomic E-state index is -0.827. The minimum Gasteiger partial charge on any atom is -0.394 e. The Labute approximate surface area is 186 Å². The van der Waals surface area contributed by atoms with Gasteiger partial charge >= 0.3 is 0 Å². The summed E-state index contributed by atoms with van der Waals surface area (Å²) in [6.45, 7) is 4.16. The first kappa shape index (κ1) is 29.1. The zero-order valence-electron chi connectivity index (χ0n) is 20.0. The van der Waals surface area contributed by atoms with E-state index in [0.717, 1.165) is 38.5 Å². The Hall–Kier alpha value is -0.870. The Morgan fingerprint density at radius 3 is 1.73 bits per heavy atom. The summed E-state index contributed by atoms with van der Waals surface area (Å²) in [7, 11) is 0. The van der Waals surface area contributed by atoms with Crippen LogP contribution in [0.2, 0.25) is 0 Å². The van der Waals surface area contributed by atoms with Gasteiger partial charge in [-0.15, -0.1) is 0 Å². The summed E-state index contributed by atoms with van der Waals surface area (Å²) in [6.07, 6.45) is 24.5.